The van der Waals surface area contributed by atoms with E-state index in [1.165, 1.54) is 0 Å². The van der Waals surface area contributed by atoms with E-state index >= 15 is 0 Å². The number of aromatic nitrogens is 1. The zero-order valence-electron chi connectivity index (χ0n) is 8.82. The predicted molar refractivity (Wildman–Crippen MR) is 61.5 cm³/mol. The molecule has 1 aromatic heterocycles. The van der Waals surface area contributed by atoms with Crippen LogP contribution in [0.1, 0.15) is 12.8 Å². The van der Waals surface area contributed by atoms with Crippen molar-refractivity contribution in [3.63, 3.8) is 0 Å². The van der Waals surface area contributed by atoms with Gasteiger partial charge in [-0.05, 0) is 25.0 Å². The van der Waals surface area contributed by atoms with E-state index in [2.05, 4.69) is 16.9 Å². The third-order valence-corrected chi connectivity index (χ3v) is 3.01. The van der Waals surface area contributed by atoms with Crippen molar-refractivity contribution in [3.05, 3.63) is 23.4 Å². The number of ether oxygens (including phenoxy) is 1. The first-order valence-electron chi connectivity index (χ1n) is 5.20. The summed E-state index contributed by atoms with van der Waals surface area (Å²) in [6, 6.07) is 6.23. The standard InChI is InChI=1S/C11H15ClN2O/c1-14(9-5-7-15-8-6-9)11-4-2-3-10(12)13-11/h2-4,9H,5-8H2,1H3. The van der Waals surface area contributed by atoms with Crippen LogP contribution in [-0.4, -0.2) is 31.3 Å². The lowest BCUT2D eigenvalue weighted by Crippen LogP contribution is -2.37. The van der Waals surface area contributed by atoms with E-state index in [9.17, 15) is 0 Å². The SMILES string of the molecule is CN(c1cccc(Cl)n1)C1CCOCC1. The molecule has 2 rings (SSSR count). The molecule has 0 aliphatic carbocycles. The Morgan fingerprint density at radius 3 is 2.80 bits per heavy atom. The quantitative estimate of drug-likeness (QED) is 0.724. The van der Waals surface area contributed by atoms with Gasteiger partial charge in [-0.25, -0.2) is 4.98 Å². The molecule has 1 aliphatic heterocycles. The Labute approximate surface area is 95.0 Å². The number of pyridine rings is 1. The minimum absolute atomic E-state index is 0.518. The molecule has 2 heterocycles. The van der Waals surface area contributed by atoms with Crippen LogP contribution in [0.15, 0.2) is 18.2 Å². The maximum atomic E-state index is 5.87. The van der Waals surface area contributed by atoms with Crippen LogP contribution >= 0.6 is 11.6 Å². The third-order valence-electron chi connectivity index (χ3n) is 2.80. The summed E-state index contributed by atoms with van der Waals surface area (Å²) in [5.74, 6) is 0.939. The largest absolute Gasteiger partial charge is 0.381 e. The fraction of sp³-hybridized carbons (Fsp3) is 0.545. The van der Waals surface area contributed by atoms with E-state index in [0.29, 0.717) is 11.2 Å². The zero-order valence-corrected chi connectivity index (χ0v) is 9.57. The van der Waals surface area contributed by atoms with Gasteiger partial charge in [-0.2, -0.15) is 0 Å². The Hall–Kier alpha value is -0.800. The van der Waals surface area contributed by atoms with Gasteiger partial charge in [0.2, 0.25) is 0 Å². The van der Waals surface area contributed by atoms with E-state index in [1.54, 1.807) is 6.07 Å². The average Bonchev–Trinajstić information content (AvgIpc) is 2.29. The summed E-state index contributed by atoms with van der Waals surface area (Å²) in [7, 11) is 2.06. The van der Waals surface area contributed by atoms with Crippen molar-refractivity contribution >= 4 is 17.4 Å². The molecule has 0 radical (unpaired) electrons. The Kier molecular flexibility index (Phi) is 3.44. The normalized spacial score (nSPS) is 17.7. The monoisotopic (exact) mass is 226 g/mol. The van der Waals surface area contributed by atoms with Gasteiger partial charge in [-0.15, -0.1) is 0 Å². The fourth-order valence-electron chi connectivity index (χ4n) is 1.85. The summed E-state index contributed by atoms with van der Waals surface area (Å²) in [6.07, 6.45) is 2.12. The maximum Gasteiger partial charge on any atom is 0.131 e. The highest BCUT2D eigenvalue weighted by Crippen LogP contribution is 2.20. The van der Waals surface area contributed by atoms with E-state index < -0.39 is 0 Å². The van der Waals surface area contributed by atoms with E-state index in [4.69, 9.17) is 16.3 Å². The summed E-state index contributed by atoms with van der Waals surface area (Å²) in [4.78, 5) is 6.49. The number of halogens is 1. The number of anilines is 1. The van der Waals surface area contributed by atoms with Crippen molar-refractivity contribution in [3.8, 4) is 0 Å². The van der Waals surface area contributed by atoms with Gasteiger partial charge >= 0.3 is 0 Å². The van der Waals surface area contributed by atoms with Crippen LogP contribution in [0.5, 0.6) is 0 Å². The molecule has 4 heteroatoms. The van der Waals surface area contributed by atoms with Gasteiger partial charge in [0.25, 0.3) is 0 Å². The van der Waals surface area contributed by atoms with Crippen molar-refractivity contribution in [2.45, 2.75) is 18.9 Å². The molecular weight excluding hydrogens is 212 g/mol. The minimum atomic E-state index is 0.518. The average molecular weight is 227 g/mol. The van der Waals surface area contributed by atoms with Crippen LogP contribution in [0, 0.1) is 0 Å². The number of hydrogen-bond acceptors (Lipinski definition) is 3. The van der Waals surface area contributed by atoms with Crippen LogP contribution in [0.3, 0.4) is 0 Å². The number of nitrogens with zero attached hydrogens (tertiary/aromatic N) is 2. The highest BCUT2D eigenvalue weighted by Gasteiger charge is 2.19. The van der Waals surface area contributed by atoms with Crippen LogP contribution in [0.4, 0.5) is 5.82 Å². The lowest BCUT2D eigenvalue weighted by atomic mass is 10.1. The molecular formula is C11H15ClN2O. The van der Waals surface area contributed by atoms with E-state index in [1.807, 2.05) is 12.1 Å². The van der Waals surface area contributed by atoms with Crippen molar-refractivity contribution in [2.24, 2.45) is 0 Å². The first kappa shape index (κ1) is 10.7. The molecule has 1 saturated heterocycles. The van der Waals surface area contributed by atoms with Crippen LogP contribution in [0.2, 0.25) is 5.15 Å². The van der Waals surface area contributed by atoms with Crippen molar-refractivity contribution in [1.29, 1.82) is 0 Å². The van der Waals surface area contributed by atoms with Crippen LogP contribution < -0.4 is 4.90 Å². The second-order valence-corrected chi connectivity index (χ2v) is 4.16. The van der Waals surface area contributed by atoms with Crippen molar-refractivity contribution in [1.82, 2.24) is 4.98 Å². The highest BCUT2D eigenvalue weighted by atomic mass is 35.5. The molecule has 1 fully saturated rings. The first-order chi connectivity index (χ1) is 7.27. The molecule has 0 N–H and O–H groups in total. The highest BCUT2D eigenvalue weighted by molar-refractivity contribution is 6.29. The fourth-order valence-corrected chi connectivity index (χ4v) is 2.01. The van der Waals surface area contributed by atoms with Crippen molar-refractivity contribution in [2.75, 3.05) is 25.2 Å². The van der Waals surface area contributed by atoms with Gasteiger partial charge in [-0.3, -0.25) is 0 Å². The maximum absolute atomic E-state index is 5.87. The lowest BCUT2D eigenvalue weighted by Gasteiger charge is -2.32. The van der Waals surface area contributed by atoms with Crippen LogP contribution in [0.25, 0.3) is 0 Å². The zero-order chi connectivity index (χ0) is 10.7. The molecule has 1 aromatic rings. The van der Waals surface area contributed by atoms with Gasteiger partial charge in [-0.1, -0.05) is 17.7 Å². The minimum Gasteiger partial charge on any atom is -0.381 e. The Bertz CT molecular complexity index is 326. The molecule has 0 bridgehead atoms. The molecule has 0 spiro atoms. The summed E-state index contributed by atoms with van der Waals surface area (Å²) in [5, 5.41) is 0.548. The topological polar surface area (TPSA) is 25.4 Å². The van der Waals surface area contributed by atoms with E-state index in [0.717, 1.165) is 31.9 Å². The first-order valence-corrected chi connectivity index (χ1v) is 5.58. The molecule has 1 aliphatic rings. The number of rotatable bonds is 2. The molecule has 0 unspecified atom stereocenters. The molecule has 82 valence electrons. The van der Waals surface area contributed by atoms with Crippen LogP contribution in [-0.2, 0) is 4.74 Å². The van der Waals surface area contributed by atoms with Gasteiger partial charge in [0.05, 0.1) is 0 Å². The van der Waals surface area contributed by atoms with Crippen molar-refractivity contribution < 1.29 is 4.74 Å². The Morgan fingerprint density at radius 2 is 2.13 bits per heavy atom. The summed E-state index contributed by atoms with van der Waals surface area (Å²) in [6.45, 7) is 1.69. The molecule has 0 aromatic carbocycles. The third kappa shape index (κ3) is 2.61. The summed E-state index contributed by atoms with van der Waals surface area (Å²) >= 11 is 5.87. The molecule has 0 atom stereocenters. The molecule has 0 amide bonds. The smallest absolute Gasteiger partial charge is 0.131 e. The Morgan fingerprint density at radius 1 is 1.40 bits per heavy atom. The summed E-state index contributed by atoms with van der Waals surface area (Å²) in [5.41, 5.74) is 0. The molecule has 15 heavy (non-hydrogen) atoms. The van der Waals surface area contributed by atoms with Gasteiger partial charge in [0.1, 0.15) is 11.0 Å². The summed E-state index contributed by atoms with van der Waals surface area (Å²) < 4.78 is 5.34. The van der Waals surface area contributed by atoms with Gasteiger partial charge in [0, 0.05) is 26.3 Å². The second-order valence-electron chi connectivity index (χ2n) is 3.77. The molecule has 0 saturated carbocycles. The number of hydrogen-bond donors (Lipinski definition) is 0. The van der Waals surface area contributed by atoms with Gasteiger partial charge in [0.15, 0.2) is 0 Å². The Balaban J connectivity index is 2.08. The lowest BCUT2D eigenvalue weighted by molar-refractivity contribution is 0.0853. The van der Waals surface area contributed by atoms with E-state index in [-0.39, 0.29) is 0 Å². The van der Waals surface area contributed by atoms with Gasteiger partial charge < -0.3 is 9.64 Å². The second kappa shape index (κ2) is 4.81. The molecule has 3 nitrogen and oxygen atoms in total. The predicted octanol–water partition coefficient (Wildman–Crippen LogP) is 2.35.